The Hall–Kier alpha value is -2.91. The Morgan fingerprint density at radius 3 is 2.58 bits per heavy atom. The van der Waals surface area contributed by atoms with Gasteiger partial charge in [-0.15, -0.1) is 5.10 Å². The van der Waals surface area contributed by atoms with Gasteiger partial charge in [-0.1, -0.05) is 17.3 Å². The van der Waals surface area contributed by atoms with E-state index >= 15 is 0 Å². The van der Waals surface area contributed by atoms with Crippen molar-refractivity contribution in [1.29, 1.82) is 0 Å². The minimum absolute atomic E-state index is 0.168. The minimum Gasteiger partial charge on any atom is -0.358 e. The van der Waals surface area contributed by atoms with Crippen molar-refractivity contribution in [1.82, 2.24) is 25.2 Å². The van der Waals surface area contributed by atoms with Crippen molar-refractivity contribution in [2.45, 2.75) is 6.18 Å². The highest BCUT2D eigenvalue weighted by atomic mass is 19.4. The number of alkyl halides is 3. The number of amides is 2. The average molecular weight is 341 g/mol. The number of nitrogens with zero attached hydrogens (tertiary/aromatic N) is 4. The van der Waals surface area contributed by atoms with Crippen LogP contribution in [-0.4, -0.2) is 52.3 Å². The summed E-state index contributed by atoms with van der Waals surface area (Å²) in [5.41, 5.74) is -1.31. The van der Waals surface area contributed by atoms with Crippen molar-refractivity contribution in [3.8, 4) is 5.69 Å². The molecule has 0 unspecified atom stereocenters. The van der Waals surface area contributed by atoms with Crippen LogP contribution in [0.3, 0.4) is 0 Å². The van der Waals surface area contributed by atoms with Crippen LogP contribution in [0.15, 0.2) is 30.5 Å². The number of nitrogens with one attached hydrogen (secondary N) is 1. The highest BCUT2D eigenvalue weighted by molar-refractivity contribution is 5.94. The van der Waals surface area contributed by atoms with Gasteiger partial charge in [-0.25, -0.2) is 4.68 Å². The highest BCUT2D eigenvalue weighted by Crippen LogP contribution is 2.33. The third-order valence-corrected chi connectivity index (χ3v) is 3.18. The number of aromatic nitrogens is 3. The summed E-state index contributed by atoms with van der Waals surface area (Å²) >= 11 is 0. The molecule has 0 bridgehead atoms. The quantitative estimate of drug-likeness (QED) is 0.903. The Balaban J connectivity index is 2.29. The largest absolute Gasteiger partial charge is 0.418 e. The third kappa shape index (κ3) is 3.70. The molecule has 0 spiro atoms. The Labute approximate surface area is 135 Å². The van der Waals surface area contributed by atoms with E-state index < -0.39 is 17.6 Å². The number of para-hydroxylation sites is 1. The maximum atomic E-state index is 13.0. The summed E-state index contributed by atoms with van der Waals surface area (Å²) in [5.74, 6) is -1.02. The molecule has 0 saturated carbocycles. The Kier molecular flexibility index (Phi) is 4.86. The zero-order valence-corrected chi connectivity index (χ0v) is 12.8. The predicted octanol–water partition coefficient (Wildman–Crippen LogP) is 1.10. The molecule has 0 aliphatic heterocycles. The van der Waals surface area contributed by atoms with Gasteiger partial charge in [0.1, 0.15) is 0 Å². The molecule has 1 N–H and O–H groups in total. The summed E-state index contributed by atoms with van der Waals surface area (Å²) in [5, 5.41) is 9.53. The van der Waals surface area contributed by atoms with Crippen LogP contribution in [0.4, 0.5) is 13.2 Å². The van der Waals surface area contributed by atoms with Crippen molar-refractivity contribution >= 4 is 11.8 Å². The number of hydrogen-bond acceptors (Lipinski definition) is 4. The van der Waals surface area contributed by atoms with E-state index in [9.17, 15) is 22.8 Å². The van der Waals surface area contributed by atoms with Crippen LogP contribution < -0.4 is 5.32 Å². The molecular formula is C14H14F3N5O2. The number of likely N-dealkylation sites (N-methyl/N-ethyl adjacent to an activating group) is 2. The molecule has 0 saturated heterocycles. The SMILES string of the molecule is CNC(=O)CN(C)C(=O)c1cn(-c2ccccc2C(F)(F)F)nn1. The average Bonchev–Trinajstić information content (AvgIpc) is 3.02. The van der Waals surface area contributed by atoms with Crippen molar-refractivity contribution in [2.24, 2.45) is 0 Å². The smallest absolute Gasteiger partial charge is 0.358 e. The number of benzene rings is 1. The lowest BCUT2D eigenvalue weighted by Gasteiger charge is -2.14. The number of hydrogen-bond donors (Lipinski definition) is 1. The van der Waals surface area contributed by atoms with E-state index in [2.05, 4.69) is 15.6 Å². The zero-order chi connectivity index (χ0) is 17.9. The van der Waals surface area contributed by atoms with E-state index in [0.29, 0.717) is 0 Å². The van der Waals surface area contributed by atoms with Gasteiger partial charge in [0.25, 0.3) is 5.91 Å². The first kappa shape index (κ1) is 17.4. The zero-order valence-electron chi connectivity index (χ0n) is 12.8. The normalized spacial score (nSPS) is 11.2. The summed E-state index contributed by atoms with van der Waals surface area (Å²) in [4.78, 5) is 24.5. The fraction of sp³-hybridized carbons (Fsp3) is 0.286. The number of carbonyl (C=O) groups excluding carboxylic acids is 2. The Bertz CT molecular complexity index is 757. The van der Waals surface area contributed by atoms with Gasteiger partial charge in [-0.05, 0) is 12.1 Å². The molecule has 10 heteroatoms. The second-order valence-electron chi connectivity index (χ2n) is 4.90. The molecule has 0 radical (unpaired) electrons. The van der Waals surface area contributed by atoms with Gasteiger partial charge in [0.2, 0.25) is 5.91 Å². The molecule has 2 aromatic rings. The van der Waals surface area contributed by atoms with E-state index in [4.69, 9.17) is 0 Å². The van der Waals surface area contributed by atoms with Crippen molar-refractivity contribution < 1.29 is 22.8 Å². The second-order valence-corrected chi connectivity index (χ2v) is 4.90. The third-order valence-electron chi connectivity index (χ3n) is 3.18. The summed E-state index contributed by atoms with van der Waals surface area (Å²) in [6.45, 7) is -0.207. The molecule has 2 rings (SSSR count). The van der Waals surface area contributed by atoms with Crippen molar-refractivity contribution in [2.75, 3.05) is 20.6 Å². The summed E-state index contributed by atoms with van der Waals surface area (Å²) in [7, 11) is 2.80. The van der Waals surface area contributed by atoms with E-state index in [-0.39, 0.29) is 23.8 Å². The monoisotopic (exact) mass is 341 g/mol. The van der Waals surface area contributed by atoms with Crippen LogP contribution in [-0.2, 0) is 11.0 Å². The first-order valence-electron chi connectivity index (χ1n) is 6.79. The molecule has 24 heavy (non-hydrogen) atoms. The minimum atomic E-state index is -4.57. The molecule has 2 amide bonds. The summed E-state index contributed by atoms with van der Waals surface area (Å²) in [6.07, 6.45) is -3.48. The number of halogens is 3. The van der Waals surface area contributed by atoms with Crippen LogP contribution in [0.5, 0.6) is 0 Å². The van der Waals surface area contributed by atoms with E-state index in [0.717, 1.165) is 21.8 Å². The lowest BCUT2D eigenvalue weighted by molar-refractivity contribution is -0.137. The predicted molar refractivity (Wildman–Crippen MR) is 77.4 cm³/mol. The van der Waals surface area contributed by atoms with E-state index in [1.807, 2.05) is 0 Å². The molecule has 1 heterocycles. The van der Waals surface area contributed by atoms with Crippen LogP contribution >= 0.6 is 0 Å². The fourth-order valence-corrected chi connectivity index (χ4v) is 1.95. The van der Waals surface area contributed by atoms with Gasteiger partial charge >= 0.3 is 6.18 Å². The molecule has 1 aromatic carbocycles. The van der Waals surface area contributed by atoms with E-state index in [1.54, 1.807) is 0 Å². The number of rotatable bonds is 4. The summed E-state index contributed by atoms with van der Waals surface area (Å²) < 4.78 is 40.0. The second kappa shape index (κ2) is 6.69. The first-order valence-corrected chi connectivity index (χ1v) is 6.79. The van der Waals surface area contributed by atoms with Crippen LogP contribution in [0.25, 0.3) is 5.69 Å². The maximum Gasteiger partial charge on any atom is 0.418 e. The molecule has 0 aliphatic rings. The molecule has 0 aliphatic carbocycles. The highest BCUT2D eigenvalue weighted by Gasteiger charge is 2.34. The standard InChI is InChI=1S/C14H14F3N5O2/c1-18-12(23)8-21(2)13(24)10-7-22(20-19-10)11-6-4-3-5-9(11)14(15,16)17/h3-7H,8H2,1-2H3,(H,18,23). The topological polar surface area (TPSA) is 80.1 Å². The van der Waals surface area contributed by atoms with Gasteiger partial charge < -0.3 is 10.2 Å². The lowest BCUT2D eigenvalue weighted by atomic mass is 10.1. The lowest BCUT2D eigenvalue weighted by Crippen LogP contribution is -2.37. The van der Waals surface area contributed by atoms with E-state index in [1.165, 1.54) is 32.3 Å². The van der Waals surface area contributed by atoms with Gasteiger partial charge in [-0.3, -0.25) is 9.59 Å². The van der Waals surface area contributed by atoms with Crippen molar-refractivity contribution in [3.63, 3.8) is 0 Å². The van der Waals surface area contributed by atoms with Gasteiger partial charge in [0.15, 0.2) is 5.69 Å². The first-order chi connectivity index (χ1) is 11.2. The molecule has 128 valence electrons. The summed E-state index contributed by atoms with van der Waals surface area (Å²) in [6, 6.07) is 4.81. The molecule has 0 atom stereocenters. The van der Waals surface area contributed by atoms with Gasteiger partial charge in [0, 0.05) is 14.1 Å². The van der Waals surface area contributed by atoms with Crippen molar-refractivity contribution in [3.05, 3.63) is 41.7 Å². The Morgan fingerprint density at radius 1 is 1.29 bits per heavy atom. The molecule has 0 fully saturated rings. The molecule has 7 nitrogen and oxygen atoms in total. The fourth-order valence-electron chi connectivity index (χ4n) is 1.95. The van der Waals surface area contributed by atoms with Gasteiger partial charge in [0.05, 0.1) is 24.0 Å². The maximum absolute atomic E-state index is 13.0. The molecular weight excluding hydrogens is 327 g/mol. The van der Waals surface area contributed by atoms with Crippen LogP contribution in [0, 0.1) is 0 Å². The van der Waals surface area contributed by atoms with Crippen LogP contribution in [0.1, 0.15) is 16.1 Å². The Morgan fingerprint density at radius 2 is 1.96 bits per heavy atom. The van der Waals surface area contributed by atoms with Crippen LogP contribution in [0.2, 0.25) is 0 Å². The number of carbonyl (C=O) groups is 2. The van der Waals surface area contributed by atoms with Gasteiger partial charge in [-0.2, -0.15) is 13.2 Å². The molecule has 1 aromatic heterocycles.